The molecule has 3 rings (SSSR count). The maximum atomic E-state index is 13.7. The van der Waals surface area contributed by atoms with Crippen molar-refractivity contribution in [1.82, 2.24) is 14.9 Å². The van der Waals surface area contributed by atoms with Gasteiger partial charge >= 0.3 is 0 Å². The zero-order valence-corrected chi connectivity index (χ0v) is 12.6. The van der Waals surface area contributed by atoms with Crippen LogP contribution in [0.1, 0.15) is 29.0 Å². The van der Waals surface area contributed by atoms with Crippen molar-refractivity contribution in [3.05, 3.63) is 47.3 Å². The normalized spacial score (nSPS) is 14.1. The quantitative estimate of drug-likeness (QED) is 0.945. The maximum Gasteiger partial charge on any atom is 0.272 e. The highest BCUT2D eigenvalue weighted by Crippen LogP contribution is 2.20. The fourth-order valence-corrected chi connectivity index (χ4v) is 2.53. The minimum atomic E-state index is -0.748. The van der Waals surface area contributed by atoms with E-state index in [1.54, 1.807) is 17.9 Å². The molecule has 23 heavy (non-hydrogen) atoms. The lowest BCUT2D eigenvalue weighted by molar-refractivity contribution is 0.0787. The van der Waals surface area contributed by atoms with Gasteiger partial charge in [-0.25, -0.2) is 18.7 Å². The first kappa shape index (κ1) is 15.3. The van der Waals surface area contributed by atoms with Gasteiger partial charge in [-0.05, 0) is 38.0 Å². The van der Waals surface area contributed by atoms with Crippen molar-refractivity contribution >= 4 is 17.5 Å². The molecule has 120 valence electrons. The summed E-state index contributed by atoms with van der Waals surface area (Å²) in [6, 6.07) is 4.77. The molecule has 7 heteroatoms. The number of amides is 1. The van der Waals surface area contributed by atoms with Crippen LogP contribution in [0.4, 0.5) is 20.4 Å². The molecule has 0 spiro atoms. The summed E-state index contributed by atoms with van der Waals surface area (Å²) >= 11 is 0. The highest BCUT2D eigenvalue weighted by molar-refractivity contribution is 5.92. The lowest BCUT2D eigenvalue weighted by atomic mass is 10.3. The van der Waals surface area contributed by atoms with E-state index in [4.69, 9.17) is 0 Å². The number of carbonyl (C=O) groups excluding carboxylic acids is 1. The summed E-state index contributed by atoms with van der Waals surface area (Å²) in [5.41, 5.74) is 0.911. The first-order valence-corrected chi connectivity index (χ1v) is 7.40. The topological polar surface area (TPSA) is 58.1 Å². The molecule has 5 nitrogen and oxygen atoms in total. The second kappa shape index (κ2) is 6.28. The standard InChI is InChI=1S/C16H16F2N4O/c1-10-8-14(15(23)22-6-2-3-7-22)21-16(19-10)20-13-5-4-11(17)9-12(13)18/h4-5,8-9H,2-3,6-7H2,1H3,(H,19,20,21). The Morgan fingerprint density at radius 1 is 1.17 bits per heavy atom. The van der Waals surface area contributed by atoms with E-state index >= 15 is 0 Å². The molecule has 2 aromatic rings. The molecule has 0 unspecified atom stereocenters. The van der Waals surface area contributed by atoms with Gasteiger partial charge in [0.2, 0.25) is 5.95 Å². The van der Waals surface area contributed by atoms with Crippen LogP contribution in [0.2, 0.25) is 0 Å². The number of hydrogen-bond donors (Lipinski definition) is 1. The molecule has 1 aromatic carbocycles. The van der Waals surface area contributed by atoms with Crippen LogP contribution in [0.25, 0.3) is 0 Å². The number of halogens is 2. The van der Waals surface area contributed by atoms with Gasteiger partial charge in [-0.1, -0.05) is 0 Å². The van der Waals surface area contributed by atoms with E-state index in [0.29, 0.717) is 5.69 Å². The number of carbonyl (C=O) groups is 1. The average molecular weight is 318 g/mol. The minimum absolute atomic E-state index is 0.0524. The van der Waals surface area contributed by atoms with E-state index in [0.717, 1.165) is 38.1 Å². The van der Waals surface area contributed by atoms with Crippen LogP contribution in [0.5, 0.6) is 0 Å². The summed E-state index contributed by atoms with van der Waals surface area (Å²) in [6.07, 6.45) is 1.98. The Hall–Kier alpha value is -2.57. The maximum absolute atomic E-state index is 13.7. The monoisotopic (exact) mass is 318 g/mol. The van der Waals surface area contributed by atoms with Gasteiger partial charge in [0, 0.05) is 24.8 Å². The Kier molecular flexibility index (Phi) is 4.18. The molecule has 1 aliphatic heterocycles. The van der Waals surface area contributed by atoms with Crippen LogP contribution >= 0.6 is 0 Å². The number of aryl methyl sites for hydroxylation is 1. The number of hydrogen-bond acceptors (Lipinski definition) is 4. The van der Waals surface area contributed by atoms with Gasteiger partial charge in [0.1, 0.15) is 17.3 Å². The molecular formula is C16H16F2N4O. The predicted octanol–water partition coefficient (Wildman–Crippen LogP) is 3.04. The fraction of sp³-hybridized carbons (Fsp3) is 0.312. The van der Waals surface area contributed by atoms with E-state index in [-0.39, 0.29) is 23.2 Å². The smallest absolute Gasteiger partial charge is 0.272 e. The highest BCUT2D eigenvalue weighted by atomic mass is 19.1. The molecular weight excluding hydrogens is 302 g/mol. The summed E-state index contributed by atoms with van der Waals surface area (Å²) < 4.78 is 26.7. The molecule has 0 bridgehead atoms. The molecule has 1 N–H and O–H groups in total. The third-order valence-electron chi connectivity index (χ3n) is 3.64. The Bertz CT molecular complexity index is 745. The van der Waals surface area contributed by atoms with Gasteiger partial charge in [0.15, 0.2) is 0 Å². The molecule has 0 atom stereocenters. The van der Waals surface area contributed by atoms with E-state index in [2.05, 4.69) is 15.3 Å². The molecule has 2 heterocycles. The Balaban J connectivity index is 1.86. The van der Waals surface area contributed by atoms with Gasteiger partial charge in [0.25, 0.3) is 5.91 Å². The second-order valence-electron chi connectivity index (χ2n) is 5.47. The lowest BCUT2D eigenvalue weighted by Gasteiger charge is -2.15. The Labute approximate surface area is 132 Å². The zero-order valence-electron chi connectivity index (χ0n) is 12.6. The number of benzene rings is 1. The molecule has 0 radical (unpaired) electrons. The van der Waals surface area contributed by atoms with Gasteiger partial charge < -0.3 is 10.2 Å². The van der Waals surface area contributed by atoms with Gasteiger partial charge in [-0.15, -0.1) is 0 Å². The van der Waals surface area contributed by atoms with Crippen molar-refractivity contribution in [2.75, 3.05) is 18.4 Å². The largest absolute Gasteiger partial charge is 0.337 e. The first-order valence-electron chi connectivity index (χ1n) is 7.40. The molecule has 0 saturated carbocycles. The second-order valence-corrected chi connectivity index (χ2v) is 5.47. The molecule has 1 aliphatic rings. The zero-order chi connectivity index (χ0) is 16.4. The molecule has 1 amide bonds. The summed E-state index contributed by atoms with van der Waals surface area (Å²) in [5.74, 6) is -1.46. The third kappa shape index (κ3) is 3.44. The van der Waals surface area contributed by atoms with Gasteiger partial charge in [-0.2, -0.15) is 0 Å². The molecule has 0 aliphatic carbocycles. The number of nitrogens with one attached hydrogen (secondary N) is 1. The summed E-state index contributed by atoms with van der Waals surface area (Å²) in [6.45, 7) is 3.17. The van der Waals surface area contributed by atoms with Crippen molar-refractivity contribution in [2.45, 2.75) is 19.8 Å². The number of likely N-dealkylation sites (tertiary alicyclic amines) is 1. The van der Waals surface area contributed by atoms with Crippen molar-refractivity contribution in [3.8, 4) is 0 Å². The average Bonchev–Trinajstić information content (AvgIpc) is 3.03. The van der Waals surface area contributed by atoms with Crippen molar-refractivity contribution in [3.63, 3.8) is 0 Å². The molecule has 1 saturated heterocycles. The van der Waals surface area contributed by atoms with Crippen LogP contribution < -0.4 is 5.32 Å². The SMILES string of the molecule is Cc1cc(C(=O)N2CCCC2)nc(Nc2ccc(F)cc2F)n1. The van der Waals surface area contributed by atoms with E-state index < -0.39 is 11.6 Å². The number of rotatable bonds is 3. The lowest BCUT2D eigenvalue weighted by Crippen LogP contribution is -2.28. The first-order chi connectivity index (χ1) is 11.0. The van der Waals surface area contributed by atoms with Crippen LogP contribution in [0.3, 0.4) is 0 Å². The van der Waals surface area contributed by atoms with Crippen molar-refractivity contribution in [1.29, 1.82) is 0 Å². The van der Waals surface area contributed by atoms with Crippen LogP contribution in [-0.2, 0) is 0 Å². The highest BCUT2D eigenvalue weighted by Gasteiger charge is 2.21. The molecule has 1 aromatic heterocycles. The number of nitrogens with zero attached hydrogens (tertiary/aromatic N) is 3. The fourth-order valence-electron chi connectivity index (χ4n) is 2.53. The van der Waals surface area contributed by atoms with E-state index in [1.807, 2.05) is 0 Å². The Morgan fingerprint density at radius 2 is 1.91 bits per heavy atom. The third-order valence-corrected chi connectivity index (χ3v) is 3.64. The van der Waals surface area contributed by atoms with Gasteiger partial charge in [-0.3, -0.25) is 4.79 Å². The van der Waals surface area contributed by atoms with Gasteiger partial charge in [0.05, 0.1) is 5.69 Å². The number of aromatic nitrogens is 2. The summed E-state index contributed by atoms with van der Waals surface area (Å²) in [4.78, 5) is 22.5. The van der Waals surface area contributed by atoms with E-state index in [9.17, 15) is 13.6 Å². The summed E-state index contributed by atoms with van der Waals surface area (Å²) in [5, 5.41) is 2.69. The predicted molar refractivity (Wildman–Crippen MR) is 81.5 cm³/mol. The molecule has 1 fully saturated rings. The van der Waals surface area contributed by atoms with Crippen LogP contribution in [0.15, 0.2) is 24.3 Å². The number of anilines is 2. The van der Waals surface area contributed by atoms with E-state index in [1.165, 1.54) is 6.07 Å². The van der Waals surface area contributed by atoms with Crippen LogP contribution in [-0.4, -0.2) is 33.9 Å². The van der Waals surface area contributed by atoms with Crippen molar-refractivity contribution in [2.24, 2.45) is 0 Å². The summed E-state index contributed by atoms with van der Waals surface area (Å²) in [7, 11) is 0. The minimum Gasteiger partial charge on any atom is -0.337 e. The van der Waals surface area contributed by atoms with Crippen molar-refractivity contribution < 1.29 is 13.6 Å². The Morgan fingerprint density at radius 3 is 2.61 bits per heavy atom. The van der Waals surface area contributed by atoms with Crippen LogP contribution in [0, 0.1) is 18.6 Å².